The van der Waals surface area contributed by atoms with Crippen LogP contribution in [0, 0.1) is 0 Å². The third-order valence-electron chi connectivity index (χ3n) is 7.44. The smallest absolute Gasteiger partial charge is 0.327 e. The highest BCUT2D eigenvalue weighted by Gasteiger charge is 2.32. The average molecular weight is 469 g/mol. The molecule has 0 aliphatic carbocycles. The van der Waals surface area contributed by atoms with Crippen LogP contribution in [0.5, 0.6) is 0 Å². The van der Waals surface area contributed by atoms with E-state index < -0.39 is 0 Å². The molecule has 1 amide bonds. The maximum atomic E-state index is 13.5. The minimum atomic E-state index is -0.112. The summed E-state index contributed by atoms with van der Waals surface area (Å²) >= 11 is 0. The van der Waals surface area contributed by atoms with E-state index in [1.807, 2.05) is 45.9 Å². The van der Waals surface area contributed by atoms with Gasteiger partial charge in [-0.25, -0.2) is 14.8 Å². The van der Waals surface area contributed by atoms with Gasteiger partial charge in [0, 0.05) is 55.2 Å². The van der Waals surface area contributed by atoms with E-state index in [4.69, 9.17) is 0 Å². The first-order chi connectivity index (χ1) is 17.1. The Kier molecular flexibility index (Phi) is 5.36. The van der Waals surface area contributed by atoms with Crippen molar-refractivity contribution in [2.24, 2.45) is 0 Å². The van der Waals surface area contributed by atoms with E-state index in [2.05, 4.69) is 32.8 Å². The van der Waals surface area contributed by atoms with Crippen LogP contribution in [0.1, 0.15) is 54.1 Å². The minimum absolute atomic E-state index is 0.0183. The summed E-state index contributed by atoms with van der Waals surface area (Å²) in [4.78, 5) is 41.9. The predicted octanol–water partition coefficient (Wildman–Crippen LogP) is 4.12. The Bertz CT molecular complexity index is 1450. The molecule has 1 fully saturated rings. The van der Waals surface area contributed by atoms with Crippen molar-refractivity contribution >= 4 is 28.6 Å². The second kappa shape index (κ2) is 8.69. The van der Waals surface area contributed by atoms with Crippen molar-refractivity contribution in [2.45, 2.75) is 38.1 Å². The molecule has 178 valence electrons. The van der Waals surface area contributed by atoms with E-state index in [1.54, 1.807) is 18.5 Å². The maximum absolute atomic E-state index is 13.5. The van der Waals surface area contributed by atoms with Crippen LogP contribution in [0.3, 0.4) is 0 Å². The monoisotopic (exact) mass is 468 g/mol. The fourth-order valence-electron chi connectivity index (χ4n) is 5.59. The van der Waals surface area contributed by atoms with Crippen molar-refractivity contribution in [1.82, 2.24) is 19.5 Å². The second-order valence-corrected chi connectivity index (χ2v) is 9.37. The summed E-state index contributed by atoms with van der Waals surface area (Å²) in [5.41, 5.74) is 4.28. The fourth-order valence-corrected chi connectivity index (χ4v) is 5.59. The molecule has 0 radical (unpaired) electrons. The van der Waals surface area contributed by atoms with E-state index >= 15 is 0 Å². The van der Waals surface area contributed by atoms with E-state index in [-0.39, 0.29) is 17.6 Å². The molecule has 35 heavy (non-hydrogen) atoms. The number of rotatable bonds is 4. The van der Waals surface area contributed by atoms with E-state index in [9.17, 15) is 9.59 Å². The lowest BCUT2D eigenvalue weighted by Gasteiger charge is -2.33. The molecule has 6 rings (SSSR count). The van der Waals surface area contributed by atoms with E-state index in [0.717, 1.165) is 49.4 Å². The number of amides is 1. The van der Waals surface area contributed by atoms with Crippen LogP contribution in [-0.2, 0) is 0 Å². The number of aromatic nitrogens is 4. The van der Waals surface area contributed by atoms with Gasteiger partial charge in [-0.15, -0.1) is 0 Å². The third-order valence-corrected chi connectivity index (χ3v) is 7.44. The summed E-state index contributed by atoms with van der Waals surface area (Å²) in [6, 6.07) is 15.8. The Morgan fingerprint density at radius 1 is 1.06 bits per heavy atom. The number of para-hydroxylation sites is 1. The Morgan fingerprint density at radius 2 is 1.89 bits per heavy atom. The third kappa shape index (κ3) is 3.69. The molecule has 8 nitrogen and oxygen atoms in total. The van der Waals surface area contributed by atoms with Crippen LogP contribution in [0.4, 0.5) is 11.5 Å². The molecule has 0 spiro atoms. The SMILES string of the molecule is CCC1CN(C(=O)c2ccnc(N3CCC(n4c(=O)[nH]c5ncccc54)CC3)c2)c2ccccc21. The van der Waals surface area contributed by atoms with Gasteiger partial charge in [0.15, 0.2) is 5.65 Å². The molecule has 1 aromatic carbocycles. The number of hydrogen-bond acceptors (Lipinski definition) is 5. The van der Waals surface area contributed by atoms with Crippen molar-refractivity contribution in [2.75, 3.05) is 29.4 Å². The molecular weight excluding hydrogens is 440 g/mol. The molecule has 1 N–H and O–H groups in total. The summed E-state index contributed by atoms with van der Waals surface area (Å²) in [5.74, 6) is 1.20. The fraction of sp³-hybridized carbons (Fsp3) is 0.333. The molecule has 1 saturated heterocycles. The number of carbonyl (C=O) groups excluding carboxylic acids is 1. The molecular formula is C27H28N6O2. The molecule has 5 heterocycles. The number of H-pyrrole nitrogens is 1. The van der Waals surface area contributed by atoms with Crippen LogP contribution >= 0.6 is 0 Å². The Labute approximate surface area is 203 Å². The van der Waals surface area contributed by atoms with Gasteiger partial charge in [0.25, 0.3) is 5.91 Å². The number of carbonyl (C=O) groups is 1. The first kappa shape index (κ1) is 21.6. The van der Waals surface area contributed by atoms with Crippen molar-refractivity contribution < 1.29 is 4.79 Å². The Balaban J connectivity index is 1.20. The van der Waals surface area contributed by atoms with Gasteiger partial charge >= 0.3 is 5.69 Å². The van der Waals surface area contributed by atoms with Crippen LogP contribution in [0.25, 0.3) is 11.2 Å². The number of anilines is 2. The molecule has 3 aromatic heterocycles. The quantitative estimate of drug-likeness (QED) is 0.487. The van der Waals surface area contributed by atoms with Gasteiger partial charge in [-0.1, -0.05) is 25.1 Å². The Hall–Kier alpha value is -3.94. The van der Waals surface area contributed by atoms with Gasteiger partial charge in [-0.05, 0) is 55.2 Å². The number of nitrogens with one attached hydrogen (secondary N) is 1. The lowest BCUT2D eigenvalue weighted by molar-refractivity contribution is 0.0988. The van der Waals surface area contributed by atoms with Gasteiger partial charge in [-0.3, -0.25) is 14.3 Å². The molecule has 0 saturated carbocycles. The summed E-state index contributed by atoms with van der Waals surface area (Å²) < 4.78 is 1.84. The minimum Gasteiger partial charge on any atom is -0.356 e. The highest BCUT2D eigenvalue weighted by atomic mass is 16.2. The molecule has 1 atom stereocenters. The summed E-state index contributed by atoms with van der Waals surface area (Å²) in [6.45, 7) is 4.41. The highest BCUT2D eigenvalue weighted by Crippen LogP contribution is 2.38. The molecule has 2 aliphatic rings. The Morgan fingerprint density at radius 3 is 2.71 bits per heavy atom. The van der Waals surface area contributed by atoms with Crippen LogP contribution in [0.15, 0.2) is 65.7 Å². The van der Waals surface area contributed by atoms with Gasteiger partial charge < -0.3 is 9.80 Å². The number of aromatic amines is 1. The van der Waals surface area contributed by atoms with Crippen molar-refractivity contribution in [3.8, 4) is 0 Å². The van der Waals surface area contributed by atoms with E-state index in [1.165, 1.54) is 5.56 Å². The first-order valence-electron chi connectivity index (χ1n) is 12.3. The predicted molar refractivity (Wildman–Crippen MR) is 136 cm³/mol. The van der Waals surface area contributed by atoms with Crippen LogP contribution < -0.4 is 15.5 Å². The number of pyridine rings is 2. The van der Waals surface area contributed by atoms with Crippen molar-refractivity contribution in [3.63, 3.8) is 0 Å². The summed E-state index contributed by atoms with van der Waals surface area (Å²) in [6.07, 6.45) is 6.06. The molecule has 2 aliphatic heterocycles. The number of nitrogens with zero attached hydrogens (tertiary/aromatic N) is 5. The maximum Gasteiger partial charge on any atom is 0.327 e. The van der Waals surface area contributed by atoms with Crippen LogP contribution in [-0.4, -0.2) is 45.1 Å². The van der Waals surface area contributed by atoms with Gasteiger partial charge in [-0.2, -0.15) is 0 Å². The zero-order chi connectivity index (χ0) is 23.9. The van der Waals surface area contributed by atoms with Crippen LogP contribution in [0.2, 0.25) is 0 Å². The van der Waals surface area contributed by atoms with Gasteiger partial charge in [0.1, 0.15) is 5.82 Å². The molecule has 4 aromatic rings. The normalized spacial score (nSPS) is 18.3. The molecule has 8 heteroatoms. The summed E-state index contributed by atoms with van der Waals surface area (Å²) in [5, 5.41) is 0. The zero-order valence-corrected chi connectivity index (χ0v) is 19.7. The summed E-state index contributed by atoms with van der Waals surface area (Å²) in [7, 11) is 0. The lowest BCUT2D eigenvalue weighted by atomic mass is 9.99. The van der Waals surface area contributed by atoms with E-state index in [0.29, 0.717) is 23.7 Å². The lowest BCUT2D eigenvalue weighted by Crippen LogP contribution is -2.37. The van der Waals surface area contributed by atoms with Crippen molar-refractivity contribution in [1.29, 1.82) is 0 Å². The van der Waals surface area contributed by atoms with Crippen molar-refractivity contribution in [3.05, 3.63) is 82.5 Å². The highest BCUT2D eigenvalue weighted by molar-refractivity contribution is 6.07. The number of benzene rings is 1. The number of hydrogen-bond donors (Lipinski definition) is 1. The van der Waals surface area contributed by atoms with Gasteiger partial charge in [0.2, 0.25) is 0 Å². The molecule has 0 bridgehead atoms. The van der Waals surface area contributed by atoms with Gasteiger partial charge in [0.05, 0.1) is 5.52 Å². The zero-order valence-electron chi connectivity index (χ0n) is 19.7. The standard InChI is InChI=1S/C27H28N6O2/c1-2-18-17-32(22-7-4-3-6-21(18)22)26(34)19-9-13-28-24(16-19)31-14-10-20(11-15-31)33-23-8-5-12-29-25(23)30-27(33)35/h3-9,12-13,16,18,20H,2,10-11,14-15,17H2,1H3,(H,29,30,35). The number of imidazole rings is 1. The number of fused-ring (bicyclic) bond motifs is 2. The topological polar surface area (TPSA) is 87.1 Å². The molecule has 1 unspecified atom stereocenters. The largest absolute Gasteiger partial charge is 0.356 e. The average Bonchev–Trinajstić information content (AvgIpc) is 3.45. The number of piperidine rings is 1. The first-order valence-corrected chi connectivity index (χ1v) is 12.3. The second-order valence-electron chi connectivity index (χ2n) is 9.37.